The van der Waals surface area contributed by atoms with Crippen molar-refractivity contribution in [2.45, 2.75) is 33.2 Å². The molecule has 90 valence electrons. The number of carbonyl (C=O) groups is 1. The summed E-state index contributed by atoms with van der Waals surface area (Å²) in [7, 11) is 0. The highest BCUT2D eigenvalue weighted by Crippen LogP contribution is 2.11. The van der Waals surface area contributed by atoms with Crippen molar-refractivity contribution in [2.75, 3.05) is 13.1 Å². The Hall–Kier alpha value is -1.36. The molecule has 1 heterocycles. The van der Waals surface area contributed by atoms with E-state index in [1.807, 2.05) is 13.8 Å². The van der Waals surface area contributed by atoms with E-state index in [1.54, 1.807) is 6.20 Å². The Labute approximate surface area is 95.6 Å². The molecule has 0 radical (unpaired) electrons. The number of carbonyl (C=O) groups excluding carboxylic acids is 1. The molecule has 1 amide bonds. The first-order valence-corrected chi connectivity index (χ1v) is 5.56. The van der Waals surface area contributed by atoms with Crippen LogP contribution in [0.25, 0.3) is 0 Å². The minimum Gasteiger partial charge on any atom is -0.444 e. The van der Waals surface area contributed by atoms with Crippen LogP contribution in [-0.4, -0.2) is 24.0 Å². The maximum atomic E-state index is 11.5. The number of aromatic nitrogens is 1. The summed E-state index contributed by atoms with van der Waals surface area (Å²) in [4.78, 5) is 15.5. The number of hydrogen-bond donors (Lipinski definition) is 2. The lowest BCUT2D eigenvalue weighted by molar-refractivity contribution is -0.121. The summed E-state index contributed by atoms with van der Waals surface area (Å²) in [5, 5.41) is 5.84. The fourth-order valence-electron chi connectivity index (χ4n) is 1.31. The fraction of sp³-hybridized carbons (Fsp3) is 0.636. The molecule has 0 saturated heterocycles. The Balaban J connectivity index is 2.33. The van der Waals surface area contributed by atoms with E-state index in [0.29, 0.717) is 12.4 Å². The lowest BCUT2D eigenvalue weighted by atomic mass is 10.3. The lowest BCUT2D eigenvalue weighted by Crippen LogP contribution is -2.35. The molecule has 0 aliphatic carbocycles. The fourth-order valence-corrected chi connectivity index (χ4v) is 1.31. The van der Waals surface area contributed by atoms with Crippen LogP contribution in [0.3, 0.4) is 0 Å². The monoisotopic (exact) mass is 225 g/mol. The van der Waals surface area contributed by atoms with Crippen LogP contribution >= 0.6 is 0 Å². The Morgan fingerprint density at radius 2 is 2.38 bits per heavy atom. The van der Waals surface area contributed by atoms with E-state index in [2.05, 4.69) is 22.5 Å². The van der Waals surface area contributed by atoms with Gasteiger partial charge in [-0.15, -0.1) is 0 Å². The minimum atomic E-state index is -0.190. The molecule has 1 atom stereocenters. The van der Waals surface area contributed by atoms with Crippen molar-refractivity contribution in [1.29, 1.82) is 0 Å². The number of nitrogens with zero attached hydrogens (tertiary/aromatic N) is 1. The second-order valence-corrected chi connectivity index (χ2v) is 3.78. The second-order valence-electron chi connectivity index (χ2n) is 3.78. The Morgan fingerprint density at radius 1 is 1.62 bits per heavy atom. The zero-order chi connectivity index (χ0) is 12.0. The van der Waals surface area contributed by atoms with Gasteiger partial charge in [-0.3, -0.25) is 4.79 Å². The normalized spacial score (nSPS) is 12.4. The van der Waals surface area contributed by atoms with Crippen molar-refractivity contribution in [3.05, 3.63) is 17.8 Å². The van der Waals surface area contributed by atoms with E-state index in [9.17, 15) is 4.79 Å². The smallest absolute Gasteiger partial charge is 0.234 e. The molecule has 2 N–H and O–H groups in total. The SMILES string of the molecule is CCCNCC(=O)NC(C)c1ncc(C)o1. The highest BCUT2D eigenvalue weighted by molar-refractivity contribution is 5.78. The lowest BCUT2D eigenvalue weighted by Gasteiger charge is -2.10. The van der Waals surface area contributed by atoms with Gasteiger partial charge in [0.15, 0.2) is 0 Å². The van der Waals surface area contributed by atoms with E-state index in [0.717, 1.165) is 18.7 Å². The van der Waals surface area contributed by atoms with Gasteiger partial charge in [0.05, 0.1) is 12.7 Å². The molecular weight excluding hydrogens is 206 g/mol. The second kappa shape index (κ2) is 6.27. The van der Waals surface area contributed by atoms with Crippen molar-refractivity contribution in [3.63, 3.8) is 0 Å². The minimum absolute atomic E-state index is 0.0446. The molecule has 0 fully saturated rings. The zero-order valence-electron chi connectivity index (χ0n) is 10.0. The van der Waals surface area contributed by atoms with Crippen LogP contribution in [0.15, 0.2) is 10.6 Å². The number of hydrogen-bond acceptors (Lipinski definition) is 4. The van der Waals surface area contributed by atoms with Crippen molar-refractivity contribution in [2.24, 2.45) is 0 Å². The summed E-state index contributed by atoms with van der Waals surface area (Å²) in [6.45, 7) is 6.91. The molecule has 16 heavy (non-hydrogen) atoms. The molecule has 1 rings (SSSR count). The van der Waals surface area contributed by atoms with Crippen LogP contribution in [0, 0.1) is 6.92 Å². The molecule has 1 unspecified atom stereocenters. The van der Waals surface area contributed by atoms with E-state index >= 15 is 0 Å². The topological polar surface area (TPSA) is 67.2 Å². The summed E-state index contributed by atoms with van der Waals surface area (Å²) >= 11 is 0. The number of rotatable bonds is 6. The van der Waals surface area contributed by atoms with E-state index in [1.165, 1.54) is 0 Å². The van der Waals surface area contributed by atoms with Crippen LogP contribution in [0.4, 0.5) is 0 Å². The molecule has 5 heteroatoms. The highest BCUT2D eigenvalue weighted by Gasteiger charge is 2.13. The quantitative estimate of drug-likeness (QED) is 0.713. The number of amides is 1. The van der Waals surface area contributed by atoms with Crippen LogP contribution < -0.4 is 10.6 Å². The third kappa shape index (κ3) is 4.02. The summed E-state index contributed by atoms with van der Waals surface area (Å²) in [5.41, 5.74) is 0. The largest absolute Gasteiger partial charge is 0.444 e. The molecule has 0 bridgehead atoms. The van der Waals surface area contributed by atoms with Gasteiger partial charge in [-0.2, -0.15) is 0 Å². The maximum Gasteiger partial charge on any atom is 0.234 e. The van der Waals surface area contributed by atoms with E-state index in [-0.39, 0.29) is 11.9 Å². The predicted molar refractivity (Wildman–Crippen MR) is 61.0 cm³/mol. The van der Waals surface area contributed by atoms with Crippen LogP contribution in [-0.2, 0) is 4.79 Å². The van der Waals surface area contributed by atoms with Gasteiger partial charge in [0.25, 0.3) is 0 Å². The van der Waals surface area contributed by atoms with Crippen LogP contribution in [0.1, 0.15) is 38.0 Å². The molecular formula is C11H19N3O2. The van der Waals surface area contributed by atoms with Crippen molar-refractivity contribution in [3.8, 4) is 0 Å². The number of oxazole rings is 1. The van der Waals surface area contributed by atoms with Gasteiger partial charge in [0, 0.05) is 0 Å². The number of nitrogens with one attached hydrogen (secondary N) is 2. The van der Waals surface area contributed by atoms with Gasteiger partial charge in [0.1, 0.15) is 11.8 Å². The number of aryl methyl sites for hydroxylation is 1. The molecule has 0 aromatic carbocycles. The maximum absolute atomic E-state index is 11.5. The Bertz CT molecular complexity index is 336. The first kappa shape index (κ1) is 12.7. The zero-order valence-corrected chi connectivity index (χ0v) is 10.0. The molecule has 1 aromatic heterocycles. The third-order valence-electron chi connectivity index (χ3n) is 2.10. The average molecular weight is 225 g/mol. The predicted octanol–water partition coefficient (Wildman–Crippen LogP) is 1.16. The highest BCUT2D eigenvalue weighted by atomic mass is 16.4. The van der Waals surface area contributed by atoms with Gasteiger partial charge in [-0.25, -0.2) is 4.98 Å². The van der Waals surface area contributed by atoms with Crippen LogP contribution in [0.2, 0.25) is 0 Å². The van der Waals surface area contributed by atoms with Gasteiger partial charge in [-0.1, -0.05) is 6.92 Å². The first-order valence-electron chi connectivity index (χ1n) is 5.56. The summed E-state index contributed by atoms with van der Waals surface area (Å²) in [6.07, 6.45) is 2.66. The van der Waals surface area contributed by atoms with Crippen molar-refractivity contribution in [1.82, 2.24) is 15.6 Å². The molecule has 0 spiro atoms. The summed E-state index contributed by atoms with van der Waals surface area (Å²) < 4.78 is 5.33. The molecule has 0 aliphatic heterocycles. The standard InChI is InChI=1S/C11H19N3O2/c1-4-5-12-7-10(15)14-9(3)11-13-6-8(2)16-11/h6,9,12H,4-5,7H2,1-3H3,(H,14,15). The summed E-state index contributed by atoms with van der Waals surface area (Å²) in [5.74, 6) is 1.25. The average Bonchev–Trinajstić information content (AvgIpc) is 2.65. The first-order chi connectivity index (χ1) is 7.63. The van der Waals surface area contributed by atoms with Crippen molar-refractivity contribution < 1.29 is 9.21 Å². The van der Waals surface area contributed by atoms with Gasteiger partial charge in [-0.05, 0) is 26.8 Å². The third-order valence-corrected chi connectivity index (χ3v) is 2.10. The van der Waals surface area contributed by atoms with E-state index in [4.69, 9.17) is 4.42 Å². The summed E-state index contributed by atoms with van der Waals surface area (Å²) in [6, 6.07) is -0.190. The molecule has 0 aliphatic rings. The van der Waals surface area contributed by atoms with E-state index < -0.39 is 0 Å². The Kier molecular flexibility index (Phi) is 4.98. The Morgan fingerprint density at radius 3 is 2.94 bits per heavy atom. The molecule has 5 nitrogen and oxygen atoms in total. The van der Waals surface area contributed by atoms with Gasteiger partial charge >= 0.3 is 0 Å². The van der Waals surface area contributed by atoms with Gasteiger partial charge in [0.2, 0.25) is 11.8 Å². The molecule has 0 saturated carbocycles. The van der Waals surface area contributed by atoms with Crippen LogP contribution in [0.5, 0.6) is 0 Å². The van der Waals surface area contributed by atoms with Crippen molar-refractivity contribution >= 4 is 5.91 Å². The van der Waals surface area contributed by atoms with Gasteiger partial charge < -0.3 is 15.1 Å². The molecule has 1 aromatic rings.